The Labute approximate surface area is 60.2 Å². The van der Waals surface area contributed by atoms with Gasteiger partial charge in [-0.25, -0.2) is 0 Å². The Hall–Kier alpha value is -0.530. The van der Waals surface area contributed by atoms with E-state index in [4.69, 9.17) is 0 Å². The zero-order valence-electron chi connectivity index (χ0n) is 6.89. The Morgan fingerprint density at radius 3 is 1.78 bits per heavy atom. The third kappa shape index (κ3) is 7.47. The average Bonchev–Trinajstić information content (AvgIpc) is 1.91. The molecule has 0 spiro atoms. The molecule has 0 aliphatic carbocycles. The van der Waals surface area contributed by atoms with E-state index in [2.05, 4.69) is 4.74 Å². The Morgan fingerprint density at radius 2 is 1.78 bits per heavy atom. The van der Waals surface area contributed by atoms with E-state index in [-0.39, 0.29) is 14.7 Å². The lowest BCUT2D eigenvalue weighted by Gasteiger charge is -1.97. The van der Waals surface area contributed by atoms with E-state index in [0.717, 1.165) is 0 Å². The first-order valence-corrected chi connectivity index (χ1v) is 3.26. The molecule has 0 rings (SSSR count). The molecular formula is C7H20O2. The normalized spacial score (nSPS) is 7.78. The Balaban J connectivity index is -0.0000000564. The van der Waals surface area contributed by atoms with E-state index in [1.165, 1.54) is 7.11 Å². The molecule has 0 radical (unpaired) electrons. The van der Waals surface area contributed by atoms with Crippen LogP contribution in [0.3, 0.4) is 0 Å². The van der Waals surface area contributed by atoms with Crippen molar-refractivity contribution < 1.29 is 12.4 Å². The summed E-state index contributed by atoms with van der Waals surface area (Å²) in [5.74, 6) is -0.148. The van der Waals surface area contributed by atoms with Gasteiger partial charge < -0.3 is 4.74 Å². The van der Waals surface area contributed by atoms with E-state index in [0.29, 0.717) is 0 Å². The monoisotopic (exact) mass is 138 g/mol. The minimum absolute atomic E-state index is 0. The molecule has 0 amide bonds. The number of methoxy groups -OCH3 is 1. The summed E-state index contributed by atoms with van der Waals surface area (Å²) >= 11 is 0. The molecule has 0 aromatic heterocycles. The summed E-state index contributed by atoms with van der Waals surface area (Å²) in [5, 5.41) is 0. The van der Waals surface area contributed by atoms with E-state index < -0.39 is 0 Å². The summed E-state index contributed by atoms with van der Waals surface area (Å²) in [6.45, 7) is 7.59. The van der Waals surface area contributed by atoms with Crippen molar-refractivity contribution in [1.82, 2.24) is 0 Å². The van der Waals surface area contributed by atoms with Crippen molar-refractivity contribution in [3.05, 3.63) is 0 Å². The third-order valence-electron chi connectivity index (χ3n) is 0.673. The molecule has 0 aromatic rings. The van der Waals surface area contributed by atoms with Crippen molar-refractivity contribution >= 4 is 5.97 Å². The largest absolute Gasteiger partial charge is 0.469 e. The molecule has 2 heteroatoms. The summed E-state index contributed by atoms with van der Waals surface area (Å²) in [7, 11) is 1.39. The zero-order valence-corrected chi connectivity index (χ0v) is 6.89. The molecule has 0 aliphatic heterocycles. The maximum atomic E-state index is 10.3. The van der Waals surface area contributed by atoms with E-state index in [1.807, 2.05) is 13.8 Å². The summed E-state index contributed by atoms with van der Waals surface area (Å²) in [6, 6.07) is 0. The molecule has 9 heavy (non-hydrogen) atoms. The molecule has 0 aliphatic rings. The lowest BCUT2D eigenvalue weighted by Crippen LogP contribution is -2.07. The molecule has 0 saturated heterocycles. The highest BCUT2D eigenvalue weighted by Gasteiger charge is 2.03. The van der Waals surface area contributed by atoms with Crippen molar-refractivity contribution in [3.63, 3.8) is 0 Å². The van der Waals surface area contributed by atoms with Gasteiger partial charge in [0.05, 0.1) is 13.0 Å². The fraction of sp³-hybridized carbons (Fsp3) is 0.857. The molecule has 0 unspecified atom stereocenters. The van der Waals surface area contributed by atoms with Gasteiger partial charge in [-0.3, -0.25) is 4.79 Å². The predicted octanol–water partition coefficient (Wildman–Crippen LogP) is 2.33. The molecule has 0 fully saturated rings. The summed E-state index contributed by atoms with van der Waals surface area (Å²) < 4.78 is 4.37. The number of ether oxygens (including phenoxy) is 1. The SMILES string of the molecule is CC.COC(=O)C(C)C.[2HH].[2HH]. The highest BCUT2D eigenvalue weighted by atomic mass is 16.5. The second-order valence-corrected chi connectivity index (χ2v) is 1.68. The van der Waals surface area contributed by atoms with Gasteiger partial charge in [-0.2, -0.15) is 0 Å². The van der Waals surface area contributed by atoms with Crippen molar-refractivity contribution in [3.8, 4) is 0 Å². The first kappa shape index (κ1) is 11.3. The van der Waals surface area contributed by atoms with Gasteiger partial charge >= 0.3 is 5.97 Å². The number of hydrogen-bond donors (Lipinski definition) is 0. The maximum absolute atomic E-state index is 10.3. The van der Waals surface area contributed by atoms with Crippen molar-refractivity contribution in [2.45, 2.75) is 27.7 Å². The van der Waals surface area contributed by atoms with Crippen molar-refractivity contribution in [2.24, 2.45) is 5.92 Å². The van der Waals surface area contributed by atoms with Gasteiger partial charge in [-0.15, -0.1) is 0 Å². The second kappa shape index (κ2) is 7.47. The predicted molar refractivity (Wildman–Crippen MR) is 42.4 cm³/mol. The first-order chi connectivity index (χ1) is 4.18. The number of esters is 1. The van der Waals surface area contributed by atoms with Crippen LogP contribution in [0, 0.1) is 5.92 Å². The van der Waals surface area contributed by atoms with Gasteiger partial charge in [0, 0.05) is 2.85 Å². The van der Waals surface area contributed by atoms with Crippen LogP contribution in [0.2, 0.25) is 0 Å². The summed E-state index contributed by atoms with van der Waals surface area (Å²) in [6.07, 6.45) is 0. The molecule has 0 saturated carbocycles. The number of carbonyl (C=O) groups excluding carboxylic acids is 1. The van der Waals surface area contributed by atoms with Crippen LogP contribution in [-0.2, 0) is 9.53 Å². The van der Waals surface area contributed by atoms with Crippen LogP contribution in [0.15, 0.2) is 0 Å². The first-order valence-electron chi connectivity index (χ1n) is 3.26. The van der Waals surface area contributed by atoms with Crippen LogP contribution >= 0.6 is 0 Å². The van der Waals surface area contributed by atoms with E-state index >= 15 is 0 Å². The van der Waals surface area contributed by atoms with E-state index in [1.54, 1.807) is 13.8 Å². The molecule has 0 atom stereocenters. The molecule has 60 valence electrons. The van der Waals surface area contributed by atoms with Crippen LogP contribution in [0.1, 0.15) is 30.5 Å². The second-order valence-electron chi connectivity index (χ2n) is 1.68. The lowest BCUT2D eigenvalue weighted by molar-refractivity contribution is -0.144. The quantitative estimate of drug-likeness (QED) is 0.520. The highest BCUT2D eigenvalue weighted by Crippen LogP contribution is 1.91. The van der Waals surface area contributed by atoms with Gasteiger partial charge in [-0.05, 0) is 0 Å². The van der Waals surface area contributed by atoms with Gasteiger partial charge in [-0.1, -0.05) is 27.7 Å². The molecule has 0 N–H and O–H groups in total. The van der Waals surface area contributed by atoms with Crippen molar-refractivity contribution in [2.75, 3.05) is 7.11 Å². The number of rotatable bonds is 1. The van der Waals surface area contributed by atoms with Gasteiger partial charge in [0.15, 0.2) is 0 Å². The van der Waals surface area contributed by atoms with Crippen LogP contribution < -0.4 is 0 Å². The zero-order chi connectivity index (χ0) is 7.86. The molecule has 2 nitrogen and oxygen atoms in total. The Bertz CT molecular complexity index is 74.8. The smallest absolute Gasteiger partial charge is 0.308 e. The maximum Gasteiger partial charge on any atom is 0.308 e. The fourth-order valence-corrected chi connectivity index (χ4v) is 0.236. The standard InChI is InChI=1S/C5H10O2.C2H6.2H2/c1-4(2)5(6)7-3;1-2;;/h4H,1-3H3;1-2H3;2*1H/i;;2*1+1. The van der Waals surface area contributed by atoms with Crippen molar-refractivity contribution in [1.29, 1.82) is 0 Å². The van der Waals surface area contributed by atoms with Crippen LogP contribution in [0.25, 0.3) is 0 Å². The minimum atomic E-state index is -0.153. The average molecular weight is 138 g/mol. The van der Waals surface area contributed by atoms with E-state index in [9.17, 15) is 4.79 Å². The Kier molecular flexibility index (Phi) is 9.37. The van der Waals surface area contributed by atoms with Crippen LogP contribution in [0.4, 0.5) is 0 Å². The molecule has 0 aromatic carbocycles. The van der Waals surface area contributed by atoms with Crippen LogP contribution in [-0.4, -0.2) is 13.1 Å². The topological polar surface area (TPSA) is 26.3 Å². The molecule has 0 bridgehead atoms. The van der Waals surface area contributed by atoms with Gasteiger partial charge in [0.1, 0.15) is 0 Å². The highest BCUT2D eigenvalue weighted by molar-refractivity contribution is 5.71. The van der Waals surface area contributed by atoms with Gasteiger partial charge in [0.2, 0.25) is 0 Å². The summed E-state index contributed by atoms with van der Waals surface area (Å²) in [4.78, 5) is 10.3. The van der Waals surface area contributed by atoms with Crippen LogP contribution in [0.5, 0.6) is 0 Å². The summed E-state index contributed by atoms with van der Waals surface area (Å²) in [5.41, 5.74) is 0. The number of carbonyl (C=O) groups is 1. The lowest BCUT2D eigenvalue weighted by atomic mass is 10.2. The van der Waals surface area contributed by atoms with Gasteiger partial charge in [0.25, 0.3) is 0 Å². The minimum Gasteiger partial charge on any atom is -0.469 e. The fourth-order valence-electron chi connectivity index (χ4n) is 0.236. The third-order valence-corrected chi connectivity index (χ3v) is 0.673. The number of hydrogen-bond acceptors (Lipinski definition) is 2. The Morgan fingerprint density at radius 1 is 1.44 bits per heavy atom. The molecular weight excluding hydrogens is 116 g/mol. The molecule has 0 heterocycles.